The van der Waals surface area contributed by atoms with Gasteiger partial charge in [0.2, 0.25) is 0 Å². The van der Waals surface area contributed by atoms with Crippen LogP contribution in [0.1, 0.15) is 57.1 Å². The van der Waals surface area contributed by atoms with E-state index in [-0.39, 0.29) is 11.8 Å². The minimum absolute atomic E-state index is 0.154. The lowest BCUT2D eigenvalue weighted by atomic mass is 9.76. The lowest BCUT2D eigenvalue weighted by Gasteiger charge is -2.29. The van der Waals surface area contributed by atoms with Gasteiger partial charge < -0.3 is 14.9 Å². The van der Waals surface area contributed by atoms with Crippen molar-refractivity contribution in [3.05, 3.63) is 29.8 Å². The Labute approximate surface area is 125 Å². The maximum atomic E-state index is 11.1. The molecule has 0 aromatic heterocycles. The minimum atomic E-state index is -0.768. The molecule has 0 bridgehead atoms. The van der Waals surface area contributed by atoms with E-state index < -0.39 is 12.1 Å². The molecule has 1 aromatic rings. The maximum absolute atomic E-state index is 11.1. The highest BCUT2D eigenvalue weighted by Crippen LogP contribution is 2.47. The molecule has 21 heavy (non-hydrogen) atoms. The summed E-state index contributed by atoms with van der Waals surface area (Å²) in [4.78, 5) is 11.1. The molecule has 2 rings (SSSR count). The fourth-order valence-electron chi connectivity index (χ4n) is 3.38. The smallest absolute Gasteiger partial charge is 0.303 e. The fourth-order valence-corrected chi connectivity index (χ4v) is 3.38. The molecule has 1 unspecified atom stereocenters. The van der Waals surface area contributed by atoms with Gasteiger partial charge in [-0.25, -0.2) is 0 Å². The van der Waals surface area contributed by atoms with Crippen molar-refractivity contribution in [1.29, 1.82) is 0 Å². The second-order valence-corrected chi connectivity index (χ2v) is 6.00. The van der Waals surface area contributed by atoms with Gasteiger partial charge in [0.05, 0.1) is 19.1 Å². The van der Waals surface area contributed by atoms with Gasteiger partial charge in [0.15, 0.2) is 0 Å². The van der Waals surface area contributed by atoms with E-state index in [0.717, 1.165) is 37.0 Å². The first-order valence-corrected chi connectivity index (χ1v) is 7.67. The maximum Gasteiger partial charge on any atom is 0.303 e. The molecule has 0 amide bonds. The van der Waals surface area contributed by atoms with Crippen molar-refractivity contribution in [1.82, 2.24) is 0 Å². The standard InChI is InChI=1S/C17H24O4/c1-2-21-14-7-5-13(6-8-14)15(18)11-17(12-16(19)20)9-3-4-10-17/h5-8,15,18H,2-4,9-12H2,1H3,(H,19,20). The number of benzene rings is 1. The highest BCUT2D eigenvalue weighted by atomic mass is 16.5. The summed E-state index contributed by atoms with van der Waals surface area (Å²) in [5, 5.41) is 19.6. The van der Waals surface area contributed by atoms with Gasteiger partial charge in [0.1, 0.15) is 5.75 Å². The second kappa shape index (κ2) is 6.94. The van der Waals surface area contributed by atoms with Gasteiger partial charge in [0.25, 0.3) is 0 Å². The number of aliphatic carboxylic acids is 1. The van der Waals surface area contributed by atoms with Crippen molar-refractivity contribution >= 4 is 5.97 Å². The van der Waals surface area contributed by atoms with Crippen molar-refractivity contribution in [3.63, 3.8) is 0 Å². The number of hydrogen-bond donors (Lipinski definition) is 2. The lowest BCUT2D eigenvalue weighted by Crippen LogP contribution is -2.23. The Morgan fingerprint density at radius 3 is 2.43 bits per heavy atom. The number of carbonyl (C=O) groups is 1. The zero-order valence-electron chi connectivity index (χ0n) is 12.5. The number of carboxylic acid groups (broad SMARTS) is 1. The van der Waals surface area contributed by atoms with Crippen LogP contribution in [0.2, 0.25) is 0 Å². The van der Waals surface area contributed by atoms with E-state index in [4.69, 9.17) is 9.84 Å². The van der Waals surface area contributed by atoms with Crippen LogP contribution in [-0.2, 0) is 4.79 Å². The zero-order chi connectivity index (χ0) is 15.3. The Morgan fingerprint density at radius 2 is 1.90 bits per heavy atom. The van der Waals surface area contributed by atoms with Crippen LogP contribution in [-0.4, -0.2) is 22.8 Å². The molecule has 0 spiro atoms. The van der Waals surface area contributed by atoms with Crippen LogP contribution in [0.4, 0.5) is 0 Å². The molecule has 4 nitrogen and oxygen atoms in total. The summed E-state index contributed by atoms with van der Waals surface area (Å²) in [6.07, 6.45) is 3.97. The molecule has 1 aliphatic carbocycles. The molecule has 1 aliphatic rings. The monoisotopic (exact) mass is 292 g/mol. The summed E-state index contributed by atoms with van der Waals surface area (Å²) in [6, 6.07) is 7.42. The minimum Gasteiger partial charge on any atom is -0.494 e. The Hall–Kier alpha value is -1.55. The van der Waals surface area contributed by atoms with Gasteiger partial charge in [0, 0.05) is 0 Å². The third-order valence-corrected chi connectivity index (χ3v) is 4.39. The second-order valence-electron chi connectivity index (χ2n) is 6.00. The molecule has 116 valence electrons. The average molecular weight is 292 g/mol. The predicted octanol–water partition coefficient (Wildman–Crippen LogP) is 3.54. The van der Waals surface area contributed by atoms with Gasteiger partial charge in [-0.2, -0.15) is 0 Å². The first-order chi connectivity index (χ1) is 10.0. The topological polar surface area (TPSA) is 66.8 Å². The van der Waals surface area contributed by atoms with Gasteiger partial charge >= 0.3 is 5.97 Å². The first-order valence-electron chi connectivity index (χ1n) is 7.67. The number of aliphatic hydroxyl groups excluding tert-OH is 1. The van der Waals surface area contributed by atoms with Crippen LogP contribution in [0, 0.1) is 5.41 Å². The Bertz CT molecular complexity index is 460. The quantitative estimate of drug-likeness (QED) is 0.806. The van der Waals surface area contributed by atoms with Crippen LogP contribution < -0.4 is 4.74 Å². The summed E-state index contributed by atoms with van der Waals surface area (Å²) >= 11 is 0. The molecule has 1 atom stereocenters. The van der Waals surface area contributed by atoms with Crippen molar-refractivity contribution in [2.24, 2.45) is 5.41 Å². The Balaban J connectivity index is 2.04. The summed E-state index contributed by atoms with van der Waals surface area (Å²) in [6.45, 7) is 2.54. The van der Waals surface area contributed by atoms with Crippen molar-refractivity contribution in [2.75, 3.05) is 6.61 Å². The summed E-state index contributed by atoms with van der Waals surface area (Å²) in [5.41, 5.74) is 0.583. The predicted molar refractivity (Wildman–Crippen MR) is 80.3 cm³/mol. The molecule has 1 aromatic carbocycles. The van der Waals surface area contributed by atoms with E-state index in [9.17, 15) is 9.90 Å². The highest BCUT2D eigenvalue weighted by Gasteiger charge is 2.37. The summed E-state index contributed by atoms with van der Waals surface area (Å²) in [5.74, 6) is 0.0189. The summed E-state index contributed by atoms with van der Waals surface area (Å²) < 4.78 is 5.39. The van der Waals surface area contributed by atoms with E-state index in [1.54, 1.807) is 0 Å². The average Bonchev–Trinajstić information content (AvgIpc) is 2.87. The third kappa shape index (κ3) is 4.21. The summed E-state index contributed by atoms with van der Waals surface area (Å²) in [7, 11) is 0. The molecule has 0 radical (unpaired) electrons. The number of carboxylic acids is 1. The van der Waals surface area contributed by atoms with Crippen LogP contribution >= 0.6 is 0 Å². The van der Waals surface area contributed by atoms with Gasteiger partial charge in [-0.05, 0) is 49.3 Å². The first kappa shape index (κ1) is 15.8. The van der Waals surface area contributed by atoms with Gasteiger partial charge in [-0.15, -0.1) is 0 Å². The lowest BCUT2D eigenvalue weighted by molar-refractivity contribution is -0.140. The SMILES string of the molecule is CCOc1ccc(C(O)CC2(CC(=O)O)CCCC2)cc1. The van der Waals surface area contributed by atoms with E-state index in [1.807, 2.05) is 31.2 Å². The van der Waals surface area contributed by atoms with Crippen molar-refractivity contribution in [3.8, 4) is 5.75 Å². The van der Waals surface area contributed by atoms with Crippen LogP contribution in [0.3, 0.4) is 0 Å². The van der Waals surface area contributed by atoms with Crippen LogP contribution in [0.25, 0.3) is 0 Å². The van der Waals surface area contributed by atoms with E-state index >= 15 is 0 Å². The zero-order valence-corrected chi connectivity index (χ0v) is 12.5. The number of ether oxygens (including phenoxy) is 1. The molecule has 2 N–H and O–H groups in total. The molecule has 0 heterocycles. The Morgan fingerprint density at radius 1 is 1.29 bits per heavy atom. The molecule has 1 saturated carbocycles. The largest absolute Gasteiger partial charge is 0.494 e. The van der Waals surface area contributed by atoms with Gasteiger partial charge in [-0.3, -0.25) is 4.79 Å². The molecule has 0 aliphatic heterocycles. The van der Waals surface area contributed by atoms with Crippen molar-refractivity contribution in [2.45, 2.75) is 51.6 Å². The molecule has 1 fully saturated rings. The highest BCUT2D eigenvalue weighted by molar-refractivity contribution is 5.67. The Kier molecular flexibility index (Phi) is 5.23. The molecule has 4 heteroatoms. The van der Waals surface area contributed by atoms with Gasteiger partial charge in [-0.1, -0.05) is 25.0 Å². The van der Waals surface area contributed by atoms with E-state index in [2.05, 4.69) is 0 Å². The fraction of sp³-hybridized carbons (Fsp3) is 0.588. The number of aliphatic hydroxyl groups is 1. The van der Waals surface area contributed by atoms with E-state index in [1.165, 1.54) is 0 Å². The normalized spacial score (nSPS) is 18.4. The van der Waals surface area contributed by atoms with Crippen molar-refractivity contribution < 1.29 is 19.7 Å². The molecular formula is C17H24O4. The van der Waals surface area contributed by atoms with Crippen LogP contribution in [0.5, 0.6) is 5.75 Å². The van der Waals surface area contributed by atoms with E-state index in [0.29, 0.717) is 13.0 Å². The van der Waals surface area contributed by atoms with Crippen LogP contribution in [0.15, 0.2) is 24.3 Å². The number of hydrogen-bond acceptors (Lipinski definition) is 3. The molecule has 0 saturated heterocycles. The third-order valence-electron chi connectivity index (χ3n) is 4.39. The number of rotatable bonds is 7. The molecular weight excluding hydrogens is 268 g/mol.